The molecule has 2 heteroatoms. The maximum Gasteiger partial charge on any atom is 0.122 e. The average Bonchev–Trinajstić information content (AvgIpc) is 2.83. The van der Waals surface area contributed by atoms with Crippen LogP contribution in [0.15, 0.2) is 66.7 Å². The molecule has 22 heavy (non-hydrogen) atoms. The van der Waals surface area contributed by atoms with Crippen molar-refractivity contribution in [3.05, 3.63) is 83.4 Å². The predicted molar refractivity (Wildman–Crippen MR) is 91.4 cm³/mol. The van der Waals surface area contributed by atoms with E-state index >= 15 is 0 Å². The van der Waals surface area contributed by atoms with E-state index in [0.717, 1.165) is 22.4 Å². The van der Waals surface area contributed by atoms with Crippen molar-refractivity contribution in [3.63, 3.8) is 0 Å². The van der Waals surface area contributed by atoms with E-state index in [1.54, 1.807) is 6.07 Å². The van der Waals surface area contributed by atoms with Crippen molar-refractivity contribution in [1.82, 2.24) is 0 Å². The molecule has 1 aliphatic rings. The van der Waals surface area contributed by atoms with Crippen LogP contribution >= 0.6 is 0 Å². The van der Waals surface area contributed by atoms with Crippen molar-refractivity contribution in [1.29, 1.82) is 0 Å². The van der Waals surface area contributed by atoms with Crippen molar-refractivity contribution in [3.8, 4) is 16.9 Å². The molecule has 0 saturated carbocycles. The van der Waals surface area contributed by atoms with Crippen molar-refractivity contribution in [2.45, 2.75) is 0 Å². The SMILES string of the molecule is Nc1ccc2c(c1)C(=Cc1ccccc1O)c1ccccc1-2. The third-order valence-corrected chi connectivity index (χ3v) is 4.08. The van der Waals surface area contributed by atoms with Crippen LogP contribution in [0.3, 0.4) is 0 Å². The Labute approximate surface area is 129 Å². The van der Waals surface area contributed by atoms with Gasteiger partial charge in [0.15, 0.2) is 0 Å². The standard InChI is InChI=1S/C20H15NO/c21-14-9-10-17-15-6-2-3-7-16(15)18(19(17)12-14)11-13-5-1-4-8-20(13)22/h1-12,22H,21H2. The number of anilines is 1. The minimum Gasteiger partial charge on any atom is -0.507 e. The molecule has 3 aromatic carbocycles. The smallest absolute Gasteiger partial charge is 0.122 e. The quantitative estimate of drug-likeness (QED) is 0.504. The Bertz CT molecular complexity index is 909. The zero-order valence-electron chi connectivity index (χ0n) is 12.0. The summed E-state index contributed by atoms with van der Waals surface area (Å²) in [5.41, 5.74) is 13.3. The molecule has 0 heterocycles. The fourth-order valence-corrected chi connectivity index (χ4v) is 3.04. The average molecular weight is 285 g/mol. The number of para-hydroxylation sites is 1. The van der Waals surface area contributed by atoms with E-state index in [0.29, 0.717) is 0 Å². The molecule has 0 amide bonds. The maximum absolute atomic E-state index is 10.1. The second-order valence-electron chi connectivity index (χ2n) is 5.47. The fraction of sp³-hybridized carbons (Fsp3) is 0. The highest BCUT2D eigenvalue weighted by Crippen LogP contribution is 2.45. The van der Waals surface area contributed by atoms with Crippen LogP contribution in [-0.4, -0.2) is 5.11 Å². The molecule has 106 valence electrons. The first-order valence-corrected chi connectivity index (χ1v) is 7.23. The van der Waals surface area contributed by atoms with Gasteiger partial charge in [-0.2, -0.15) is 0 Å². The van der Waals surface area contributed by atoms with Crippen LogP contribution in [0.2, 0.25) is 0 Å². The highest BCUT2D eigenvalue weighted by atomic mass is 16.3. The molecule has 0 aliphatic heterocycles. The minimum absolute atomic E-state index is 0.282. The highest BCUT2D eigenvalue weighted by molar-refractivity contribution is 6.07. The van der Waals surface area contributed by atoms with Gasteiger partial charge < -0.3 is 10.8 Å². The van der Waals surface area contributed by atoms with Crippen LogP contribution in [0.1, 0.15) is 16.7 Å². The van der Waals surface area contributed by atoms with Crippen molar-refractivity contribution in [2.75, 3.05) is 5.73 Å². The highest BCUT2D eigenvalue weighted by Gasteiger charge is 2.23. The molecule has 0 aromatic heterocycles. The summed E-state index contributed by atoms with van der Waals surface area (Å²) in [5, 5.41) is 10.1. The Hall–Kier alpha value is -3.00. The lowest BCUT2D eigenvalue weighted by Gasteiger charge is -2.05. The predicted octanol–water partition coefficient (Wildman–Crippen LogP) is 4.54. The van der Waals surface area contributed by atoms with Crippen molar-refractivity contribution >= 4 is 17.3 Å². The van der Waals surface area contributed by atoms with Crippen LogP contribution in [-0.2, 0) is 0 Å². The number of phenols is 1. The number of rotatable bonds is 1. The third kappa shape index (κ3) is 1.89. The summed E-state index contributed by atoms with van der Waals surface area (Å²) in [7, 11) is 0. The number of aromatic hydroxyl groups is 1. The molecule has 1 aliphatic carbocycles. The van der Waals surface area contributed by atoms with Gasteiger partial charge in [-0.1, -0.05) is 48.5 Å². The number of nitrogens with two attached hydrogens (primary N) is 1. The van der Waals surface area contributed by atoms with Gasteiger partial charge in [-0.3, -0.25) is 0 Å². The first-order valence-electron chi connectivity index (χ1n) is 7.23. The number of benzene rings is 3. The van der Waals surface area contributed by atoms with Crippen LogP contribution in [0.25, 0.3) is 22.8 Å². The summed E-state index contributed by atoms with van der Waals surface area (Å²) in [4.78, 5) is 0. The summed E-state index contributed by atoms with van der Waals surface area (Å²) < 4.78 is 0. The zero-order chi connectivity index (χ0) is 15.1. The number of nitrogen functional groups attached to an aromatic ring is 1. The number of hydrogen-bond donors (Lipinski definition) is 2. The summed E-state index contributed by atoms with van der Waals surface area (Å²) in [6.07, 6.45) is 2.03. The van der Waals surface area contributed by atoms with Gasteiger partial charge >= 0.3 is 0 Å². The Morgan fingerprint density at radius 1 is 0.727 bits per heavy atom. The van der Waals surface area contributed by atoms with E-state index in [1.807, 2.05) is 48.5 Å². The molecule has 4 rings (SSSR count). The zero-order valence-corrected chi connectivity index (χ0v) is 12.0. The molecular weight excluding hydrogens is 270 g/mol. The maximum atomic E-state index is 10.1. The number of phenolic OH excluding ortho intramolecular Hbond substituents is 1. The first kappa shape index (κ1) is 12.7. The Morgan fingerprint density at radius 3 is 2.23 bits per heavy atom. The molecule has 0 unspecified atom stereocenters. The van der Waals surface area contributed by atoms with Crippen molar-refractivity contribution < 1.29 is 5.11 Å². The summed E-state index contributed by atoms with van der Waals surface area (Å²) in [6, 6.07) is 21.7. The molecule has 2 nitrogen and oxygen atoms in total. The Morgan fingerprint density at radius 2 is 1.41 bits per heavy atom. The van der Waals surface area contributed by atoms with Gasteiger partial charge in [0.1, 0.15) is 5.75 Å². The summed E-state index contributed by atoms with van der Waals surface area (Å²) in [5.74, 6) is 0.282. The molecule has 0 spiro atoms. The molecule has 0 radical (unpaired) electrons. The van der Waals surface area contributed by atoms with Crippen LogP contribution < -0.4 is 5.73 Å². The Balaban J connectivity index is 2.00. The van der Waals surface area contributed by atoms with E-state index in [1.165, 1.54) is 16.7 Å². The largest absolute Gasteiger partial charge is 0.507 e. The lowest BCUT2D eigenvalue weighted by atomic mass is 10.0. The molecule has 3 aromatic rings. The monoisotopic (exact) mass is 285 g/mol. The van der Waals surface area contributed by atoms with E-state index < -0.39 is 0 Å². The van der Waals surface area contributed by atoms with Crippen LogP contribution in [0, 0.1) is 0 Å². The molecule has 0 atom stereocenters. The lowest BCUT2D eigenvalue weighted by molar-refractivity contribution is 0.474. The third-order valence-electron chi connectivity index (χ3n) is 4.08. The topological polar surface area (TPSA) is 46.2 Å². The molecule has 3 N–H and O–H groups in total. The van der Waals surface area contributed by atoms with Gasteiger partial charge in [0.05, 0.1) is 0 Å². The lowest BCUT2D eigenvalue weighted by Crippen LogP contribution is -1.87. The molecule has 0 saturated heterocycles. The van der Waals surface area contributed by atoms with Gasteiger partial charge in [0, 0.05) is 11.3 Å². The second-order valence-corrected chi connectivity index (χ2v) is 5.47. The second kappa shape index (κ2) is 4.78. The first-order chi connectivity index (χ1) is 10.7. The molecular formula is C20H15NO. The molecule has 0 bridgehead atoms. The van der Waals surface area contributed by atoms with E-state index in [9.17, 15) is 5.11 Å². The summed E-state index contributed by atoms with van der Waals surface area (Å²) in [6.45, 7) is 0. The van der Waals surface area contributed by atoms with Crippen LogP contribution in [0.4, 0.5) is 5.69 Å². The number of hydrogen-bond acceptors (Lipinski definition) is 2. The van der Waals surface area contributed by atoms with E-state index in [-0.39, 0.29) is 5.75 Å². The normalized spacial score (nSPS) is 13.9. The van der Waals surface area contributed by atoms with Gasteiger partial charge in [-0.05, 0) is 52.1 Å². The van der Waals surface area contributed by atoms with Gasteiger partial charge in [-0.25, -0.2) is 0 Å². The minimum atomic E-state index is 0.282. The van der Waals surface area contributed by atoms with E-state index in [4.69, 9.17) is 5.73 Å². The van der Waals surface area contributed by atoms with E-state index in [2.05, 4.69) is 18.2 Å². The molecule has 0 fully saturated rings. The van der Waals surface area contributed by atoms with Gasteiger partial charge in [0.2, 0.25) is 0 Å². The van der Waals surface area contributed by atoms with Crippen LogP contribution in [0.5, 0.6) is 5.75 Å². The van der Waals surface area contributed by atoms with Crippen molar-refractivity contribution in [2.24, 2.45) is 0 Å². The van der Waals surface area contributed by atoms with Gasteiger partial charge in [-0.15, -0.1) is 0 Å². The van der Waals surface area contributed by atoms with Gasteiger partial charge in [0.25, 0.3) is 0 Å². The fourth-order valence-electron chi connectivity index (χ4n) is 3.04. The Kier molecular flexibility index (Phi) is 2.76. The summed E-state index contributed by atoms with van der Waals surface area (Å²) >= 11 is 0. The number of fused-ring (bicyclic) bond motifs is 3.